The first-order chi connectivity index (χ1) is 9.19. The van der Waals surface area contributed by atoms with E-state index in [1.165, 1.54) is 16.0 Å². The van der Waals surface area contributed by atoms with Gasteiger partial charge in [0, 0.05) is 17.6 Å². The number of rotatable bonds is 5. The molecule has 0 saturated carbocycles. The predicted octanol–water partition coefficient (Wildman–Crippen LogP) is 1.76. The maximum atomic E-state index is 5.39. The Morgan fingerprint density at radius 1 is 1.25 bits per heavy atom. The summed E-state index contributed by atoms with van der Waals surface area (Å²) in [5.74, 6) is 0. The highest BCUT2D eigenvalue weighted by molar-refractivity contribution is 7.80. The van der Waals surface area contributed by atoms with Crippen LogP contribution in [0.4, 0.5) is 5.69 Å². The van der Waals surface area contributed by atoms with Crippen LogP contribution in [0.3, 0.4) is 0 Å². The molecule has 0 spiro atoms. The lowest BCUT2D eigenvalue weighted by Gasteiger charge is -2.27. The van der Waals surface area contributed by atoms with Crippen molar-refractivity contribution in [1.82, 2.24) is 5.32 Å². The van der Waals surface area contributed by atoms with E-state index in [1.54, 1.807) is 0 Å². The van der Waals surface area contributed by atoms with Crippen molar-refractivity contribution in [3.63, 3.8) is 0 Å². The van der Waals surface area contributed by atoms with Gasteiger partial charge in [0.15, 0.2) is 5.11 Å². The number of hydrogen-bond acceptors (Lipinski definition) is 1. The summed E-state index contributed by atoms with van der Waals surface area (Å²) in [7, 11) is 4.35. The summed E-state index contributed by atoms with van der Waals surface area (Å²) in [5.41, 5.74) is 3.74. The molecule has 3 nitrogen and oxygen atoms in total. The number of nitrogens with one attached hydrogen (secondary N) is 3. The van der Waals surface area contributed by atoms with Crippen LogP contribution in [0, 0.1) is 19.3 Å². The van der Waals surface area contributed by atoms with Crippen LogP contribution < -0.4 is 15.5 Å². The van der Waals surface area contributed by atoms with Crippen molar-refractivity contribution in [3.05, 3.63) is 29.3 Å². The lowest BCUT2D eigenvalue weighted by Crippen LogP contribution is -3.07. The zero-order valence-corrected chi connectivity index (χ0v) is 14.4. The Kier molecular flexibility index (Phi) is 5.96. The fourth-order valence-electron chi connectivity index (χ4n) is 2.38. The van der Waals surface area contributed by atoms with Crippen molar-refractivity contribution in [1.29, 1.82) is 0 Å². The number of aryl methyl sites for hydroxylation is 2. The van der Waals surface area contributed by atoms with Crippen molar-refractivity contribution in [2.45, 2.75) is 27.7 Å². The van der Waals surface area contributed by atoms with Crippen molar-refractivity contribution >= 4 is 23.0 Å². The van der Waals surface area contributed by atoms with Gasteiger partial charge in [-0.3, -0.25) is 0 Å². The van der Waals surface area contributed by atoms with Crippen molar-refractivity contribution in [3.8, 4) is 0 Å². The Morgan fingerprint density at radius 2 is 1.90 bits per heavy atom. The van der Waals surface area contributed by atoms with Gasteiger partial charge >= 0.3 is 0 Å². The topological polar surface area (TPSA) is 28.5 Å². The predicted molar refractivity (Wildman–Crippen MR) is 91.6 cm³/mol. The van der Waals surface area contributed by atoms with E-state index >= 15 is 0 Å². The van der Waals surface area contributed by atoms with Gasteiger partial charge in [-0.15, -0.1) is 0 Å². The second-order valence-corrected chi connectivity index (χ2v) is 7.08. The summed E-state index contributed by atoms with van der Waals surface area (Å²) in [4.78, 5) is 1.45. The molecule has 4 heteroatoms. The molecular formula is C16H28N3S+. The van der Waals surface area contributed by atoms with Crippen molar-refractivity contribution < 1.29 is 4.90 Å². The van der Waals surface area contributed by atoms with Gasteiger partial charge in [0.1, 0.15) is 0 Å². The lowest BCUT2D eigenvalue weighted by atomic mass is 9.93. The van der Waals surface area contributed by atoms with E-state index in [0.717, 1.165) is 18.8 Å². The summed E-state index contributed by atoms with van der Waals surface area (Å²) < 4.78 is 0. The average molecular weight is 294 g/mol. The normalized spacial score (nSPS) is 11.6. The number of quaternary nitrogens is 1. The number of benzene rings is 1. The highest BCUT2D eigenvalue weighted by Crippen LogP contribution is 2.16. The monoisotopic (exact) mass is 294 g/mol. The van der Waals surface area contributed by atoms with Gasteiger partial charge in [-0.1, -0.05) is 26.0 Å². The van der Waals surface area contributed by atoms with Gasteiger partial charge in [0.05, 0.1) is 20.6 Å². The van der Waals surface area contributed by atoms with Crippen LogP contribution in [0.25, 0.3) is 0 Å². The quantitative estimate of drug-likeness (QED) is 0.723. The second kappa shape index (κ2) is 7.04. The fourth-order valence-corrected chi connectivity index (χ4v) is 2.56. The van der Waals surface area contributed by atoms with Gasteiger partial charge in [-0.2, -0.15) is 0 Å². The first-order valence-corrected chi connectivity index (χ1v) is 7.51. The molecule has 1 aromatic carbocycles. The van der Waals surface area contributed by atoms with Gasteiger partial charge in [0.2, 0.25) is 0 Å². The van der Waals surface area contributed by atoms with Crippen LogP contribution in [0.2, 0.25) is 0 Å². The first-order valence-electron chi connectivity index (χ1n) is 7.11. The Bertz CT molecular complexity index is 467. The minimum absolute atomic E-state index is 0.215. The molecule has 1 rings (SSSR count). The summed E-state index contributed by atoms with van der Waals surface area (Å²) in [6.45, 7) is 10.7. The molecule has 0 bridgehead atoms. The first kappa shape index (κ1) is 16.9. The van der Waals surface area contributed by atoms with Crippen LogP contribution in [-0.4, -0.2) is 32.3 Å². The van der Waals surface area contributed by atoms with E-state index in [2.05, 4.69) is 70.6 Å². The molecule has 20 heavy (non-hydrogen) atoms. The van der Waals surface area contributed by atoms with E-state index in [4.69, 9.17) is 12.2 Å². The SMILES string of the molecule is Cc1ccc(C)c(NC(=S)NCC(C)(C)C[NH+](C)C)c1. The van der Waals surface area contributed by atoms with Crippen LogP contribution >= 0.6 is 12.2 Å². The van der Waals surface area contributed by atoms with E-state index in [1.807, 2.05) is 0 Å². The third-order valence-corrected chi connectivity index (χ3v) is 3.45. The van der Waals surface area contributed by atoms with Gasteiger partial charge in [0.25, 0.3) is 0 Å². The van der Waals surface area contributed by atoms with Gasteiger partial charge in [-0.25, -0.2) is 0 Å². The molecule has 0 radical (unpaired) electrons. The molecule has 0 saturated heterocycles. The Hall–Kier alpha value is -1.13. The second-order valence-electron chi connectivity index (χ2n) is 6.67. The van der Waals surface area contributed by atoms with Crippen LogP contribution in [0.15, 0.2) is 18.2 Å². The number of anilines is 1. The van der Waals surface area contributed by atoms with E-state index in [9.17, 15) is 0 Å². The van der Waals surface area contributed by atoms with E-state index in [0.29, 0.717) is 5.11 Å². The van der Waals surface area contributed by atoms with Crippen LogP contribution in [0.1, 0.15) is 25.0 Å². The molecule has 0 aromatic heterocycles. The number of thiocarbonyl (C=S) groups is 1. The smallest absolute Gasteiger partial charge is 0.170 e. The molecule has 0 atom stereocenters. The maximum absolute atomic E-state index is 5.39. The molecule has 1 aromatic rings. The van der Waals surface area contributed by atoms with Gasteiger partial charge in [-0.05, 0) is 43.3 Å². The van der Waals surface area contributed by atoms with E-state index < -0.39 is 0 Å². The standard InChI is InChI=1S/C16H27N3S/c1-12-7-8-13(2)14(9-12)18-15(20)17-10-16(3,4)11-19(5)6/h7-9H,10-11H2,1-6H3,(H2,17,18,20)/p+1. The fraction of sp³-hybridized carbons (Fsp3) is 0.562. The lowest BCUT2D eigenvalue weighted by molar-refractivity contribution is -0.865. The number of hydrogen-bond donors (Lipinski definition) is 3. The minimum atomic E-state index is 0.215. The Balaban J connectivity index is 2.54. The molecule has 0 fully saturated rings. The van der Waals surface area contributed by atoms with Gasteiger partial charge < -0.3 is 15.5 Å². The molecule has 112 valence electrons. The maximum Gasteiger partial charge on any atom is 0.170 e. The molecule has 0 aliphatic carbocycles. The third-order valence-electron chi connectivity index (χ3n) is 3.20. The van der Waals surface area contributed by atoms with Crippen LogP contribution in [0.5, 0.6) is 0 Å². The average Bonchev–Trinajstić information content (AvgIpc) is 2.30. The molecule has 0 aliphatic rings. The van der Waals surface area contributed by atoms with E-state index in [-0.39, 0.29) is 5.41 Å². The van der Waals surface area contributed by atoms with Crippen LogP contribution in [-0.2, 0) is 0 Å². The molecule has 3 N–H and O–H groups in total. The molecular weight excluding hydrogens is 266 g/mol. The molecule has 0 amide bonds. The summed E-state index contributed by atoms with van der Waals surface area (Å²) in [5, 5.41) is 7.32. The summed E-state index contributed by atoms with van der Waals surface area (Å²) in [6, 6.07) is 6.35. The van der Waals surface area contributed by atoms with Crippen molar-refractivity contribution in [2.24, 2.45) is 5.41 Å². The Labute approximate surface area is 128 Å². The third kappa shape index (κ3) is 5.88. The largest absolute Gasteiger partial charge is 0.362 e. The molecule has 0 heterocycles. The zero-order valence-electron chi connectivity index (χ0n) is 13.6. The molecule has 0 aliphatic heterocycles. The minimum Gasteiger partial charge on any atom is -0.362 e. The summed E-state index contributed by atoms with van der Waals surface area (Å²) >= 11 is 5.39. The Morgan fingerprint density at radius 3 is 2.50 bits per heavy atom. The van der Waals surface area contributed by atoms with Crippen molar-refractivity contribution in [2.75, 3.05) is 32.5 Å². The summed E-state index contributed by atoms with van der Waals surface area (Å²) in [6.07, 6.45) is 0. The highest BCUT2D eigenvalue weighted by Gasteiger charge is 2.21. The zero-order chi connectivity index (χ0) is 15.3. The highest BCUT2D eigenvalue weighted by atomic mass is 32.1. The molecule has 0 unspecified atom stereocenters.